The molecular formula is C59H88FN13O24. The largest absolute Gasteiger partial charge is 0.503 e. The van der Waals surface area contributed by atoms with Crippen LogP contribution in [0.4, 0.5) is 4.39 Å². The number of aromatic nitrogens is 3. The van der Waals surface area contributed by atoms with Crippen molar-refractivity contribution in [1.29, 1.82) is 0 Å². The van der Waals surface area contributed by atoms with Gasteiger partial charge in [-0.1, -0.05) is 32.9 Å². The fraction of sp³-hybridized carbons (Fsp3) is 0.576. The maximum atomic E-state index is 14.0. The number of benzene rings is 1. The zero-order valence-electron chi connectivity index (χ0n) is 55.0. The number of nitrogens with one attached hydrogen (secondary N) is 9. The number of carbonyl (C=O) groups excluding carboxylic acids is 10. The van der Waals surface area contributed by atoms with Gasteiger partial charge in [0, 0.05) is 46.7 Å². The number of halogens is 1. The second-order valence-corrected chi connectivity index (χ2v) is 24.9. The Morgan fingerprint density at radius 3 is 1.79 bits per heavy atom. The van der Waals surface area contributed by atoms with Gasteiger partial charge in [0.05, 0.1) is 67.1 Å². The van der Waals surface area contributed by atoms with Gasteiger partial charge in [-0.05, 0) is 64.2 Å². The third kappa shape index (κ3) is 24.1. The highest BCUT2D eigenvalue weighted by Gasteiger charge is 2.44. The van der Waals surface area contributed by atoms with Crippen molar-refractivity contribution in [2.45, 2.75) is 171 Å². The molecule has 0 saturated heterocycles. The molecule has 1 aromatic carbocycles. The quantitative estimate of drug-likeness (QED) is 0.0240. The lowest BCUT2D eigenvalue weighted by atomic mass is 9.85. The monoisotopic (exact) mass is 1380 g/mol. The van der Waals surface area contributed by atoms with Crippen LogP contribution in [0.1, 0.15) is 91.3 Å². The molecule has 20 N–H and O–H groups in total. The lowest BCUT2D eigenvalue weighted by molar-refractivity contribution is -0.156. The Labute approximate surface area is 554 Å². The van der Waals surface area contributed by atoms with E-state index in [0.29, 0.717) is 15.8 Å². The van der Waals surface area contributed by atoms with Gasteiger partial charge in [-0.25, -0.2) is 14.2 Å². The Kier molecular flexibility index (Phi) is 30.1. The van der Waals surface area contributed by atoms with Crippen LogP contribution in [-0.4, -0.2) is 258 Å². The number of likely N-dealkylation sites (N-methyl/N-ethyl adjacent to an activating group) is 1. The highest BCUT2D eigenvalue weighted by atomic mass is 19.1. The molecule has 0 fully saturated rings. The molecule has 3 rings (SSSR count). The number of carboxylic acids is 1. The summed E-state index contributed by atoms with van der Waals surface area (Å²) in [5.41, 5.74) is -6.50. The van der Waals surface area contributed by atoms with Crippen molar-refractivity contribution in [1.82, 2.24) is 67.0 Å². The lowest BCUT2D eigenvalue weighted by Crippen LogP contribution is -2.66. The normalized spacial score (nSPS) is 15.8. The Hall–Kier alpha value is -9.28. The Balaban J connectivity index is 1.76. The minimum Gasteiger partial charge on any atom is -0.503 e. The molecule has 13 atom stereocenters. The SMILES string of the molecule is CO[C@@H](CNC(=O)[C@H](NC(=O)[C@H](O)[C@H](C)O)[C@H](O)c1cncn1C)[C@H](O)[C@H](O)C(=O)N(C)[C@@H](Cc1ccc(F)cc1)C(=O)NCC(=O)N[C@H](C(=O)N[C@@H](CO)C(=O)N[C@H](C(=O)N[C@H](C(=O)N[C@@H](CCC(=O)NCc1cc(=O)c(O)cn1O)C(=O)O)C(C)(C)C)C(C)(C)O)C(C)(C)O. The van der Waals surface area contributed by atoms with Crippen molar-refractivity contribution < 1.29 is 118 Å². The van der Waals surface area contributed by atoms with Crippen LogP contribution in [-0.2, 0) is 77.5 Å². The van der Waals surface area contributed by atoms with Crippen molar-refractivity contribution in [3.05, 3.63) is 82.0 Å². The summed E-state index contributed by atoms with van der Waals surface area (Å²) >= 11 is 0. The number of aryl methyl sites for hydroxylation is 1. The number of pyridine rings is 1. The predicted octanol–water partition coefficient (Wildman–Crippen LogP) is -7.85. The van der Waals surface area contributed by atoms with E-state index < -0.39 is 223 Å². The summed E-state index contributed by atoms with van der Waals surface area (Å²) in [7, 11) is 3.47. The summed E-state index contributed by atoms with van der Waals surface area (Å²) < 4.78 is 21.0. The molecule has 38 heteroatoms. The maximum Gasteiger partial charge on any atom is 0.326 e. The van der Waals surface area contributed by atoms with Crippen LogP contribution in [0.15, 0.2) is 53.8 Å². The van der Waals surface area contributed by atoms with Crippen molar-refractivity contribution in [2.75, 3.05) is 33.9 Å². The second kappa shape index (κ2) is 35.6. The van der Waals surface area contributed by atoms with Gasteiger partial charge in [0.25, 0.3) is 11.8 Å². The van der Waals surface area contributed by atoms with Crippen molar-refractivity contribution in [2.24, 2.45) is 12.5 Å². The average Bonchev–Trinajstić information content (AvgIpc) is 1.35. The van der Waals surface area contributed by atoms with Crippen LogP contribution in [0.3, 0.4) is 0 Å². The molecule has 3 aromatic rings. The van der Waals surface area contributed by atoms with Gasteiger partial charge >= 0.3 is 5.97 Å². The minimum atomic E-state index is -2.47. The Morgan fingerprint density at radius 2 is 1.27 bits per heavy atom. The number of aromatic hydroxyl groups is 1. The molecule has 0 aliphatic heterocycles. The number of hydrogen-bond acceptors (Lipinski definition) is 24. The summed E-state index contributed by atoms with van der Waals surface area (Å²) in [5, 5.41) is 136. The summed E-state index contributed by atoms with van der Waals surface area (Å²) in [6.07, 6.45) is -10.3. The van der Waals surface area contributed by atoms with E-state index in [0.717, 1.165) is 73.2 Å². The van der Waals surface area contributed by atoms with E-state index >= 15 is 0 Å². The molecule has 2 aromatic heterocycles. The van der Waals surface area contributed by atoms with Gasteiger partial charge in [-0.2, -0.15) is 4.73 Å². The van der Waals surface area contributed by atoms with Gasteiger partial charge < -0.3 is 118 Å². The highest BCUT2D eigenvalue weighted by molar-refractivity contribution is 5.98. The first-order valence-electron chi connectivity index (χ1n) is 29.8. The number of carbonyl (C=O) groups is 11. The molecule has 10 amide bonds. The number of aliphatic hydroxyl groups excluding tert-OH is 6. The number of aliphatic carboxylic acids is 1. The number of imidazole rings is 1. The van der Waals surface area contributed by atoms with Crippen molar-refractivity contribution >= 4 is 65.0 Å². The molecule has 0 bridgehead atoms. The number of nitrogens with zero attached hydrogens (tertiary/aromatic N) is 4. The van der Waals surface area contributed by atoms with Crippen LogP contribution in [0.5, 0.6) is 5.75 Å². The van der Waals surface area contributed by atoms with E-state index in [4.69, 9.17) is 4.74 Å². The van der Waals surface area contributed by atoms with Crippen LogP contribution in [0.25, 0.3) is 0 Å². The van der Waals surface area contributed by atoms with Crippen LogP contribution < -0.4 is 53.3 Å². The van der Waals surface area contributed by atoms with Crippen molar-refractivity contribution in [3.63, 3.8) is 0 Å². The molecule has 37 nitrogen and oxygen atoms in total. The first kappa shape index (κ1) is 82.0. The topological polar surface area (TPSA) is 571 Å². The van der Waals surface area contributed by atoms with Gasteiger partial charge in [-0.15, -0.1) is 0 Å². The molecule has 0 spiro atoms. The Bertz CT molecular complexity index is 3330. The Morgan fingerprint density at radius 1 is 0.711 bits per heavy atom. The number of rotatable bonds is 36. The third-order valence-corrected chi connectivity index (χ3v) is 15.0. The zero-order valence-corrected chi connectivity index (χ0v) is 55.0. The van der Waals surface area contributed by atoms with E-state index in [1.54, 1.807) is 0 Å². The number of ether oxygens (including phenoxy) is 1. The van der Waals surface area contributed by atoms with Crippen LogP contribution >= 0.6 is 0 Å². The number of carboxylic acid groups (broad SMARTS) is 1. The van der Waals surface area contributed by atoms with E-state index in [2.05, 4.69) is 52.8 Å². The van der Waals surface area contributed by atoms with E-state index in [9.17, 15) is 118 Å². The number of methoxy groups -OCH3 is 1. The van der Waals surface area contributed by atoms with Gasteiger partial charge in [0.2, 0.25) is 52.7 Å². The molecule has 0 unspecified atom stereocenters. The second-order valence-electron chi connectivity index (χ2n) is 24.9. The molecule has 540 valence electrons. The van der Waals surface area contributed by atoms with Crippen molar-refractivity contribution in [3.8, 4) is 5.75 Å². The predicted molar refractivity (Wildman–Crippen MR) is 330 cm³/mol. The van der Waals surface area contributed by atoms with E-state index in [1.807, 2.05) is 0 Å². The van der Waals surface area contributed by atoms with Gasteiger partial charge in [-0.3, -0.25) is 52.7 Å². The standard InChI is InChI=1S/C59H88FN13O24/c1-27(75)41(80)51(87)68-40(42(81)34-21-61-26-71(34)9)50(86)63-22-37(97-11)43(82)44(83)55(91)72(10)33(18-28-12-14-29(60)15-13-28)49(85)64-23-39(79)67-46(58(5,6)94)53(89)66-32(25-74)48(84)70-47(59(7,8)95)54(90)69-45(57(2,3)4)52(88)65-31(56(92)93)16-17-38(78)62-20-30-19-35(76)36(77)24-73(30)96/h12-15,19,21,24,26-27,31-33,37,40-47,74-75,77,80-83,94-96H,16-18,20,22-23,25H2,1-11H3,(H,62,78)(H,63,86)(H,64,85)(H,65,88)(H,66,89)(H,67,79)(H,68,87)(H,69,90)(H,70,84)(H,92,93)/t27-,31-,32-,33-,37-,40+,41+,42+,43-,44-,45+,46+,47+/m0/s1. The molecule has 0 saturated carbocycles. The third-order valence-electron chi connectivity index (χ3n) is 15.0. The molecule has 0 aliphatic rings. The minimum absolute atomic E-state index is 0.00147. The fourth-order valence-electron chi connectivity index (χ4n) is 9.15. The van der Waals surface area contributed by atoms with Crippen LogP contribution in [0.2, 0.25) is 0 Å². The first-order valence-corrected chi connectivity index (χ1v) is 29.8. The molecule has 2 heterocycles. The summed E-state index contributed by atoms with van der Waals surface area (Å²) in [5.74, 6) is -15.1. The summed E-state index contributed by atoms with van der Waals surface area (Å²) in [6.45, 7) is 6.17. The smallest absolute Gasteiger partial charge is 0.326 e. The van der Waals surface area contributed by atoms with Crippen LogP contribution in [0, 0.1) is 11.2 Å². The van der Waals surface area contributed by atoms with E-state index in [1.165, 1.54) is 50.8 Å². The molecular weight excluding hydrogens is 1290 g/mol. The number of hydrogen-bond donors (Lipinski definition) is 20. The zero-order chi connectivity index (χ0) is 73.9. The molecule has 0 aliphatic carbocycles. The number of amides is 10. The summed E-state index contributed by atoms with van der Waals surface area (Å²) in [4.78, 5) is 164. The highest BCUT2D eigenvalue weighted by Crippen LogP contribution is 2.23. The lowest BCUT2D eigenvalue weighted by Gasteiger charge is -2.36. The number of aliphatic hydroxyl groups is 8. The summed E-state index contributed by atoms with van der Waals surface area (Å²) in [6, 6.07) is -7.78. The van der Waals surface area contributed by atoms with Gasteiger partial charge in [0.1, 0.15) is 66.4 Å². The fourth-order valence-corrected chi connectivity index (χ4v) is 9.15. The average molecular weight is 1380 g/mol. The maximum absolute atomic E-state index is 14.0. The molecule has 97 heavy (non-hydrogen) atoms. The van der Waals surface area contributed by atoms with Gasteiger partial charge in [0.15, 0.2) is 18.0 Å². The molecule has 0 radical (unpaired) electrons. The first-order chi connectivity index (χ1) is 44.9. The van der Waals surface area contributed by atoms with E-state index in [-0.39, 0.29) is 17.0 Å².